The van der Waals surface area contributed by atoms with Gasteiger partial charge in [-0.15, -0.1) is 0 Å². The van der Waals surface area contributed by atoms with Gasteiger partial charge in [0.1, 0.15) is 0 Å². The number of rotatable bonds is 6. The van der Waals surface area contributed by atoms with Crippen LogP contribution >= 0.6 is 11.8 Å². The van der Waals surface area contributed by atoms with E-state index in [1.54, 1.807) is 13.8 Å². The number of imide groups is 1. The molecule has 136 valence electrons. The molecule has 1 aliphatic rings. The van der Waals surface area contributed by atoms with Crippen LogP contribution in [0.2, 0.25) is 0 Å². The van der Waals surface area contributed by atoms with Gasteiger partial charge >= 0.3 is 0 Å². The largest absolute Gasteiger partial charge is 0.351 e. The summed E-state index contributed by atoms with van der Waals surface area (Å²) in [5.41, 5.74) is 1.38. The molecule has 0 spiro atoms. The molecule has 1 heterocycles. The molecule has 1 aliphatic heterocycles. The average molecular weight is 375 g/mol. The monoisotopic (exact) mass is 375 g/mol. The molecule has 3 amide bonds. The third-order valence-corrected chi connectivity index (χ3v) is 4.24. The average Bonchev–Trinajstić information content (AvgIpc) is 2.82. The summed E-state index contributed by atoms with van der Waals surface area (Å²) in [6.45, 7) is 3.81. The summed E-state index contributed by atoms with van der Waals surface area (Å²) in [6, 6.07) is 5.67. The molecule has 1 aromatic carbocycles. The Morgan fingerprint density at radius 1 is 1.27 bits per heavy atom. The van der Waals surface area contributed by atoms with Crippen LogP contribution < -0.4 is 5.32 Å². The van der Waals surface area contributed by atoms with E-state index >= 15 is 0 Å². The molecule has 1 saturated heterocycles. The molecule has 0 aliphatic carbocycles. The molecule has 0 atom stereocenters. The third kappa shape index (κ3) is 5.03. The van der Waals surface area contributed by atoms with Gasteiger partial charge in [0.25, 0.3) is 16.8 Å². The number of nitro groups is 1. The van der Waals surface area contributed by atoms with Crippen molar-refractivity contribution in [3.05, 3.63) is 56.5 Å². The number of hydrogen-bond donors (Lipinski definition) is 1. The minimum absolute atomic E-state index is 0.0534. The van der Waals surface area contributed by atoms with E-state index in [4.69, 9.17) is 0 Å². The number of benzene rings is 1. The lowest BCUT2D eigenvalue weighted by molar-refractivity contribution is -0.384. The predicted molar refractivity (Wildman–Crippen MR) is 98.2 cm³/mol. The van der Waals surface area contributed by atoms with Crippen molar-refractivity contribution in [3.8, 4) is 0 Å². The van der Waals surface area contributed by atoms with Gasteiger partial charge in [0.15, 0.2) is 0 Å². The van der Waals surface area contributed by atoms with E-state index in [0.717, 1.165) is 22.2 Å². The van der Waals surface area contributed by atoms with Crippen LogP contribution in [0, 0.1) is 10.1 Å². The van der Waals surface area contributed by atoms with Gasteiger partial charge in [-0.2, -0.15) is 0 Å². The Morgan fingerprint density at radius 3 is 2.50 bits per heavy atom. The first-order valence-corrected chi connectivity index (χ1v) is 8.52. The predicted octanol–water partition coefficient (Wildman–Crippen LogP) is 2.71. The van der Waals surface area contributed by atoms with Gasteiger partial charge in [0, 0.05) is 31.3 Å². The van der Waals surface area contributed by atoms with Gasteiger partial charge in [-0.25, -0.2) is 0 Å². The van der Waals surface area contributed by atoms with Crippen molar-refractivity contribution in [1.29, 1.82) is 0 Å². The van der Waals surface area contributed by atoms with Crippen molar-refractivity contribution >= 4 is 40.6 Å². The topological polar surface area (TPSA) is 110 Å². The fourth-order valence-electron chi connectivity index (χ4n) is 2.14. The quantitative estimate of drug-likeness (QED) is 0.465. The van der Waals surface area contributed by atoms with E-state index in [1.165, 1.54) is 36.4 Å². The maximum atomic E-state index is 12.3. The Labute approximate surface area is 154 Å². The van der Waals surface area contributed by atoms with Gasteiger partial charge < -0.3 is 5.32 Å². The number of amides is 3. The van der Waals surface area contributed by atoms with E-state index in [2.05, 4.69) is 5.32 Å². The van der Waals surface area contributed by atoms with Crippen LogP contribution in [0.5, 0.6) is 0 Å². The molecule has 0 saturated carbocycles. The first-order valence-electron chi connectivity index (χ1n) is 7.70. The van der Waals surface area contributed by atoms with Crippen molar-refractivity contribution < 1.29 is 19.3 Å². The molecular weight excluding hydrogens is 358 g/mol. The number of nitrogens with zero attached hydrogens (tertiary/aromatic N) is 2. The van der Waals surface area contributed by atoms with Crippen LogP contribution in [0.4, 0.5) is 10.5 Å². The van der Waals surface area contributed by atoms with Gasteiger partial charge in [-0.1, -0.05) is 5.57 Å². The van der Waals surface area contributed by atoms with E-state index < -0.39 is 16.1 Å². The normalized spacial score (nSPS) is 15.3. The molecular formula is C17H17N3O5S. The lowest BCUT2D eigenvalue weighted by atomic mass is 10.2. The second-order valence-electron chi connectivity index (χ2n) is 5.69. The number of carbonyl (C=O) groups excluding carboxylic acids is 3. The second-order valence-corrected chi connectivity index (χ2v) is 6.69. The number of allylic oxidation sites excluding steroid dienone is 1. The lowest BCUT2D eigenvalue weighted by Gasteiger charge is -2.12. The highest BCUT2D eigenvalue weighted by Crippen LogP contribution is 2.32. The number of carbonyl (C=O) groups is 3. The van der Waals surface area contributed by atoms with Crippen LogP contribution in [0.25, 0.3) is 6.08 Å². The van der Waals surface area contributed by atoms with Crippen LogP contribution in [0.3, 0.4) is 0 Å². The molecule has 1 aromatic rings. The molecule has 26 heavy (non-hydrogen) atoms. The molecule has 0 radical (unpaired) electrons. The van der Waals surface area contributed by atoms with Gasteiger partial charge in [-0.05, 0) is 49.4 Å². The number of hydrogen-bond acceptors (Lipinski definition) is 6. The minimum Gasteiger partial charge on any atom is -0.351 e. The molecule has 0 aromatic heterocycles. The first-order chi connectivity index (χ1) is 12.3. The molecule has 0 bridgehead atoms. The molecule has 0 unspecified atom stereocenters. The molecule has 2 rings (SSSR count). The molecule has 1 fully saturated rings. The van der Waals surface area contributed by atoms with Crippen molar-refractivity contribution in [3.63, 3.8) is 0 Å². The zero-order valence-corrected chi connectivity index (χ0v) is 15.0. The smallest absolute Gasteiger partial charge is 0.293 e. The Bertz CT molecular complexity index is 810. The van der Waals surface area contributed by atoms with Crippen LogP contribution in [0.1, 0.15) is 19.4 Å². The summed E-state index contributed by atoms with van der Waals surface area (Å²) in [7, 11) is 0. The van der Waals surface area contributed by atoms with E-state index in [0.29, 0.717) is 5.56 Å². The van der Waals surface area contributed by atoms with Crippen molar-refractivity contribution in [1.82, 2.24) is 10.2 Å². The zero-order valence-electron chi connectivity index (χ0n) is 14.2. The summed E-state index contributed by atoms with van der Waals surface area (Å²) >= 11 is 0.797. The van der Waals surface area contributed by atoms with E-state index in [9.17, 15) is 24.5 Å². The zero-order chi connectivity index (χ0) is 19.3. The van der Waals surface area contributed by atoms with Crippen molar-refractivity contribution in [2.75, 3.05) is 13.1 Å². The molecule has 9 heteroatoms. The fraction of sp³-hybridized carbons (Fsp3) is 0.235. The first kappa shape index (κ1) is 19.4. The Hall–Kier alpha value is -2.94. The lowest BCUT2D eigenvalue weighted by Crippen LogP contribution is -2.36. The SMILES string of the molecule is CC(C)=CC(=O)NCCN1C(=O)SC(=Cc2ccc([N+](=O)[O-])cc2)C1=O. The molecule has 8 nitrogen and oxygen atoms in total. The van der Waals surface area contributed by atoms with Gasteiger partial charge in [0.2, 0.25) is 5.91 Å². The van der Waals surface area contributed by atoms with Gasteiger partial charge in [0.05, 0.1) is 9.83 Å². The number of nitro benzene ring substituents is 1. The maximum Gasteiger partial charge on any atom is 0.293 e. The highest BCUT2D eigenvalue weighted by molar-refractivity contribution is 8.18. The Kier molecular flexibility index (Phi) is 6.29. The van der Waals surface area contributed by atoms with Crippen molar-refractivity contribution in [2.24, 2.45) is 0 Å². The fourth-order valence-corrected chi connectivity index (χ4v) is 3.01. The van der Waals surface area contributed by atoms with Crippen LogP contribution in [0.15, 0.2) is 40.8 Å². The third-order valence-electron chi connectivity index (χ3n) is 3.33. The maximum absolute atomic E-state index is 12.3. The standard InChI is InChI=1S/C17H17N3O5S/c1-11(2)9-15(21)18-7-8-19-16(22)14(26-17(19)23)10-12-3-5-13(6-4-12)20(24)25/h3-6,9-10H,7-8H2,1-2H3,(H,18,21). The minimum atomic E-state index is -0.513. The van der Waals surface area contributed by atoms with Crippen LogP contribution in [-0.4, -0.2) is 40.0 Å². The number of non-ortho nitro benzene ring substituents is 1. The van der Waals surface area contributed by atoms with Crippen LogP contribution in [-0.2, 0) is 9.59 Å². The van der Waals surface area contributed by atoms with Crippen molar-refractivity contribution in [2.45, 2.75) is 13.8 Å². The Balaban J connectivity index is 2.00. The Morgan fingerprint density at radius 2 is 1.92 bits per heavy atom. The van der Waals surface area contributed by atoms with E-state index in [-0.39, 0.29) is 29.6 Å². The summed E-state index contributed by atoms with van der Waals surface area (Å²) in [6.07, 6.45) is 2.94. The van der Waals surface area contributed by atoms with Gasteiger partial charge in [-0.3, -0.25) is 29.4 Å². The molecule has 1 N–H and O–H groups in total. The highest BCUT2D eigenvalue weighted by Gasteiger charge is 2.34. The second kappa shape index (κ2) is 8.43. The highest BCUT2D eigenvalue weighted by atomic mass is 32.2. The number of thioether (sulfide) groups is 1. The van der Waals surface area contributed by atoms with E-state index in [1.807, 2.05) is 0 Å². The summed E-state index contributed by atoms with van der Waals surface area (Å²) < 4.78 is 0. The number of nitrogens with one attached hydrogen (secondary N) is 1. The summed E-state index contributed by atoms with van der Waals surface area (Å²) in [4.78, 5) is 47.3. The summed E-state index contributed by atoms with van der Waals surface area (Å²) in [5.74, 6) is -0.729. The summed E-state index contributed by atoms with van der Waals surface area (Å²) in [5, 5.41) is 12.8.